The van der Waals surface area contributed by atoms with E-state index in [-0.39, 0.29) is 0 Å². The summed E-state index contributed by atoms with van der Waals surface area (Å²) in [6, 6.07) is 9.94. The third-order valence-electron chi connectivity index (χ3n) is 4.54. The van der Waals surface area contributed by atoms with Gasteiger partial charge in [0.15, 0.2) is 0 Å². The molecule has 1 unspecified atom stereocenters. The van der Waals surface area contributed by atoms with Crippen molar-refractivity contribution in [3.8, 4) is 0 Å². The molecule has 1 saturated heterocycles. The number of aryl methyl sites for hydroxylation is 1. The Morgan fingerprint density at radius 3 is 2.53 bits per heavy atom. The maximum absolute atomic E-state index is 5.69. The van der Waals surface area contributed by atoms with Gasteiger partial charge < -0.3 is 10.1 Å². The zero-order chi connectivity index (χ0) is 13.1. The van der Waals surface area contributed by atoms with E-state index in [2.05, 4.69) is 36.5 Å². The fourth-order valence-electron chi connectivity index (χ4n) is 2.96. The highest BCUT2D eigenvalue weighted by atomic mass is 16.5. The Kier molecular flexibility index (Phi) is 3.90. The van der Waals surface area contributed by atoms with Crippen molar-refractivity contribution in [3.63, 3.8) is 0 Å². The molecule has 0 amide bonds. The molecule has 1 atom stereocenters. The third kappa shape index (κ3) is 3.37. The van der Waals surface area contributed by atoms with Crippen LogP contribution in [0, 0.1) is 5.41 Å². The van der Waals surface area contributed by atoms with Crippen LogP contribution in [0.25, 0.3) is 0 Å². The van der Waals surface area contributed by atoms with E-state index >= 15 is 0 Å². The van der Waals surface area contributed by atoms with Crippen LogP contribution in [0.3, 0.4) is 0 Å². The van der Waals surface area contributed by atoms with Crippen LogP contribution < -0.4 is 5.32 Å². The van der Waals surface area contributed by atoms with Crippen molar-refractivity contribution in [1.82, 2.24) is 5.32 Å². The molecule has 2 fully saturated rings. The highest BCUT2D eigenvalue weighted by Gasteiger charge is 2.36. The van der Waals surface area contributed by atoms with Crippen molar-refractivity contribution in [2.24, 2.45) is 5.41 Å². The number of benzene rings is 1. The second kappa shape index (κ2) is 5.64. The van der Waals surface area contributed by atoms with Crippen molar-refractivity contribution >= 4 is 0 Å². The summed E-state index contributed by atoms with van der Waals surface area (Å²) in [5, 5.41) is 3.70. The van der Waals surface area contributed by atoms with Crippen LogP contribution in [0.15, 0.2) is 24.3 Å². The SMILES string of the molecule is CCc1ccc(CC2(CNC3CC3)CCOC2)cc1. The third-order valence-corrected chi connectivity index (χ3v) is 4.54. The molecule has 3 rings (SSSR count). The molecule has 0 aromatic heterocycles. The first-order chi connectivity index (χ1) is 9.30. The summed E-state index contributed by atoms with van der Waals surface area (Å²) in [6.45, 7) is 5.18. The van der Waals surface area contributed by atoms with Crippen LogP contribution >= 0.6 is 0 Å². The van der Waals surface area contributed by atoms with Crippen LogP contribution in [0.5, 0.6) is 0 Å². The fourth-order valence-corrected chi connectivity index (χ4v) is 2.96. The first kappa shape index (κ1) is 13.1. The quantitative estimate of drug-likeness (QED) is 0.848. The van der Waals surface area contributed by atoms with Gasteiger partial charge in [-0.25, -0.2) is 0 Å². The molecule has 1 saturated carbocycles. The average Bonchev–Trinajstić information content (AvgIpc) is 3.17. The van der Waals surface area contributed by atoms with E-state index in [1.807, 2.05) is 0 Å². The Bertz CT molecular complexity index is 402. The van der Waals surface area contributed by atoms with Gasteiger partial charge in [0, 0.05) is 24.6 Å². The summed E-state index contributed by atoms with van der Waals surface area (Å²) in [4.78, 5) is 0. The number of hydrogen-bond acceptors (Lipinski definition) is 2. The molecule has 0 bridgehead atoms. The molecule has 1 aliphatic heterocycles. The Morgan fingerprint density at radius 2 is 1.95 bits per heavy atom. The highest BCUT2D eigenvalue weighted by Crippen LogP contribution is 2.33. The minimum absolute atomic E-state index is 0.330. The van der Waals surface area contributed by atoms with Crippen molar-refractivity contribution < 1.29 is 4.74 Å². The Labute approximate surface area is 116 Å². The number of hydrogen-bond donors (Lipinski definition) is 1. The predicted octanol–water partition coefficient (Wildman–Crippen LogP) is 2.95. The van der Waals surface area contributed by atoms with Gasteiger partial charge in [-0.05, 0) is 43.2 Å². The standard InChI is InChI=1S/C17H25NO/c1-2-14-3-5-15(6-4-14)11-17(9-10-19-13-17)12-18-16-7-8-16/h3-6,16,18H,2,7-13H2,1H3. The van der Waals surface area contributed by atoms with Gasteiger partial charge in [-0.2, -0.15) is 0 Å². The highest BCUT2D eigenvalue weighted by molar-refractivity contribution is 5.24. The van der Waals surface area contributed by atoms with Gasteiger partial charge in [-0.3, -0.25) is 0 Å². The maximum atomic E-state index is 5.69. The van der Waals surface area contributed by atoms with E-state index in [1.54, 1.807) is 0 Å². The lowest BCUT2D eigenvalue weighted by Gasteiger charge is -2.28. The van der Waals surface area contributed by atoms with Crippen LogP contribution in [0.1, 0.15) is 37.3 Å². The lowest BCUT2D eigenvalue weighted by Crippen LogP contribution is -2.37. The smallest absolute Gasteiger partial charge is 0.0538 e. The predicted molar refractivity (Wildman–Crippen MR) is 78.4 cm³/mol. The summed E-state index contributed by atoms with van der Waals surface area (Å²) in [5.41, 5.74) is 3.22. The van der Waals surface area contributed by atoms with E-state index in [1.165, 1.54) is 30.4 Å². The van der Waals surface area contributed by atoms with Gasteiger partial charge in [-0.1, -0.05) is 31.2 Å². The van der Waals surface area contributed by atoms with Crippen LogP contribution in [0.2, 0.25) is 0 Å². The molecule has 0 radical (unpaired) electrons. The Hall–Kier alpha value is -0.860. The average molecular weight is 259 g/mol. The molecule has 1 aromatic rings. The molecule has 1 N–H and O–H groups in total. The second-order valence-electron chi connectivity index (χ2n) is 6.30. The topological polar surface area (TPSA) is 21.3 Å². The first-order valence-corrected chi connectivity index (χ1v) is 7.69. The lowest BCUT2D eigenvalue weighted by atomic mass is 9.80. The molecule has 0 spiro atoms. The van der Waals surface area contributed by atoms with E-state index in [0.717, 1.165) is 38.6 Å². The molecule has 19 heavy (non-hydrogen) atoms. The summed E-state index contributed by atoms with van der Waals surface area (Å²) in [6.07, 6.45) is 6.20. The van der Waals surface area contributed by atoms with E-state index in [0.29, 0.717) is 5.41 Å². The number of ether oxygens (including phenoxy) is 1. The van der Waals surface area contributed by atoms with E-state index in [4.69, 9.17) is 4.74 Å². The summed E-state index contributed by atoms with van der Waals surface area (Å²) in [7, 11) is 0. The van der Waals surface area contributed by atoms with Crippen molar-refractivity contribution in [2.45, 2.75) is 45.1 Å². The zero-order valence-electron chi connectivity index (χ0n) is 12.0. The van der Waals surface area contributed by atoms with Crippen molar-refractivity contribution in [2.75, 3.05) is 19.8 Å². The minimum Gasteiger partial charge on any atom is -0.381 e. The Balaban J connectivity index is 1.65. The normalized spacial score (nSPS) is 26.8. The van der Waals surface area contributed by atoms with Crippen LogP contribution in [-0.2, 0) is 17.6 Å². The Morgan fingerprint density at radius 1 is 1.21 bits per heavy atom. The van der Waals surface area contributed by atoms with E-state index < -0.39 is 0 Å². The van der Waals surface area contributed by atoms with Gasteiger partial charge in [0.05, 0.1) is 6.61 Å². The molecular formula is C17H25NO. The summed E-state index contributed by atoms with van der Waals surface area (Å²) < 4.78 is 5.69. The molecule has 1 aliphatic carbocycles. The second-order valence-corrected chi connectivity index (χ2v) is 6.30. The summed E-state index contributed by atoms with van der Waals surface area (Å²) in [5.74, 6) is 0. The molecule has 2 aliphatic rings. The monoisotopic (exact) mass is 259 g/mol. The molecule has 2 heteroatoms. The maximum Gasteiger partial charge on any atom is 0.0538 e. The van der Waals surface area contributed by atoms with Gasteiger partial charge in [0.25, 0.3) is 0 Å². The van der Waals surface area contributed by atoms with Gasteiger partial charge >= 0.3 is 0 Å². The van der Waals surface area contributed by atoms with Gasteiger partial charge in [-0.15, -0.1) is 0 Å². The minimum atomic E-state index is 0.330. The van der Waals surface area contributed by atoms with Crippen molar-refractivity contribution in [3.05, 3.63) is 35.4 Å². The fraction of sp³-hybridized carbons (Fsp3) is 0.647. The summed E-state index contributed by atoms with van der Waals surface area (Å²) >= 11 is 0. The molecular weight excluding hydrogens is 234 g/mol. The first-order valence-electron chi connectivity index (χ1n) is 7.69. The molecule has 1 aromatic carbocycles. The zero-order valence-corrected chi connectivity index (χ0v) is 12.0. The van der Waals surface area contributed by atoms with Gasteiger partial charge in [0.1, 0.15) is 0 Å². The molecule has 2 nitrogen and oxygen atoms in total. The van der Waals surface area contributed by atoms with Crippen molar-refractivity contribution in [1.29, 1.82) is 0 Å². The lowest BCUT2D eigenvalue weighted by molar-refractivity contribution is 0.149. The number of rotatable bonds is 6. The van der Waals surface area contributed by atoms with Gasteiger partial charge in [0.2, 0.25) is 0 Å². The van der Waals surface area contributed by atoms with E-state index in [9.17, 15) is 0 Å². The largest absolute Gasteiger partial charge is 0.381 e. The van der Waals surface area contributed by atoms with Crippen LogP contribution in [-0.4, -0.2) is 25.8 Å². The number of nitrogens with one attached hydrogen (secondary N) is 1. The molecule has 104 valence electrons. The molecule has 1 heterocycles. The van der Waals surface area contributed by atoms with Crippen LogP contribution in [0.4, 0.5) is 0 Å².